The quantitative estimate of drug-likeness (QED) is 0.857. The third-order valence-electron chi connectivity index (χ3n) is 5.57. The summed E-state index contributed by atoms with van der Waals surface area (Å²) in [5, 5.41) is 12.0. The number of rotatable bonds is 4. The molecule has 0 aromatic carbocycles. The fourth-order valence-corrected chi connectivity index (χ4v) is 5.16. The first-order valence-electron chi connectivity index (χ1n) is 8.08. The number of carbonyl (C=O) groups is 1. The predicted molar refractivity (Wildman–Crippen MR) is 76.9 cm³/mol. The molecule has 4 rings (SSSR count). The zero-order valence-electron chi connectivity index (χ0n) is 12.4. The third-order valence-corrected chi connectivity index (χ3v) is 5.57. The summed E-state index contributed by atoms with van der Waals surface area (Å²) in [6, 6.07) is 2.17. The first-order valence-corrected chi connectivity index (χ1v) is 8.08. The molecule has 20 heavy (non-hydrogen) atoms. The summed E-state index contributed by atoms with van der Waals surface area (Å²) in [4.78, 5) is 14.2. The monoisotopic (exact) mass is 275 g/mol. The molecule has 0 radical (unpaired) electrons. The van der Waals surface area contributed by atoms with Gasteiger partial charge in [-0.2, -0.15) is 5.26 Å². The normalized spacial score (nSPS) is 37.5. The minimum absolute atomic E-state index is 0.0460. The van der Waals surface area contributed by atoms with Crippen molar-refractivity contribution in [3.05, 3.63) is 0 Å². The van der Waals surface area contributed by atoms with Crippen molar-refractivity contribution in [3.63, 3.8) is 0 Å². The molecular formula is C16H25N3O. The number of hydrogen-bond acceptors (Lipinski definition) is 2. The van der Waals surface area contributed by atoms with Crippen molar-refractivity contribution in [3.8, 4) is 6.07 Å². The van der Waals surface area contributed by atoms with Gasteiger partial charge in [-0.25, -0.2) is 4.79 Å². The molecule has 0 aromatic heterocycles. The molecule has 0 unspecified atom stereocenters. The lowest BCUT2D eigenvalue weighted by Crippen LogP contribution is -2.61. The van der Waals surface area contributed by atoms with Crippen molar-refractivity contribution in [2.45, 2.75) is 57.4 Å². The van der Waals surface area contributed by atoms with Crippen LogP contribution in [0.4, 0.5) is 4.79 Å². The molecule has 4 bridgehead atoms. The highest BCUT2D eigenvalue weighted by Gasteiger charge is 2.51. The Bertz CT molecular complexity index is 391. The lowest BCUT2D eigenvalue weighted by atomic mass is 9.53. The Morgan fingerprint density at radius 2 is 1.80 bits per heavy atom. The molecule has 2 amide bonds. The molecule has 0 atom stereocenters. The van der Waals surface area contributed by atoms with Crippen LogP contribution in [0, 0.1) is 29.1 Å². The Balaban J connectivity index is 1.65. The van der Waals surface area contributed by atoms with Gasteiger partial charge in [0.05, 0.1) is 12.5 Å². The van der Waals surface area contributed by atoms with Gasteiger partial charge in [-0.1, -0.05) is 0 Å². The number of amides is 2. The van der Waals surface area contributed by atoms with E-state index in [1.807, 2.05) is 6.92 Å². The minimum Gasteiger partial charge on any atom is -0.333 e. The maximum Gasteiger partial charge on any atom is 0.317 e. The highest BCUT2D eigenvalue weighted by Crippen LogP contribution is 2.55. The Hall–Kier alpha value is -1.24. The van der Waals surface area contributed by atoms with Gasteiger partial charge in [0.15, 0.2) is 0 Å². The molecule has 110 valence electrons. The molecule has 4 aliphatic carbocycles. The number of nitrogens with one attached hydrogen (secondary N) is 1. The van der Waals surface area contributed by atoms with Gasteiger partial charge in [0.25, 0.3) is 0 Å². The van der Waals surface area contributed by atoms with E-state index in [9.17, 15) is 4.79 Å². The van der Waals surface area contributed by atoms with Crippen LogP contribution in [0.3, 0.4) is 0 Å². The second-order valence-electron chi connectivity index (χ2n) is 7.12. The van der Waals surface area contributed by atoms with Crippen LogP contribution >= 0.6 is 0 Å². The number of hydrogen-bond donors (Lipinski definition) is 1. The van der Waals surface area contributed by atoms with Crippen molar-refractivity contribution < 1.29 is 4.79 Å². The average molecular weight is 275 g/mol. The summed E-state index contributed by atoms with van der Waals surface area (Å²) in [5.74, 6) is 2.53. The van der Waals surface area contributed by atoms with E-state index < -0.39 is 0 Å². The topological polar surface area (TPSA) is 56.1 Å². The number of nitrogens with zero attached hydrogens (tertiary/aromatic N) is 2. The molecule has 0 saturated heterocycles. The van der Waals surface area contributed by atoms with Crippen LogP contribution < -0.4 is 5.32 Å². The van der Waals surface area contributed by atoms with E-state index in [0.29, 0.717) is 19.5 Å². The SMILES string of the molecule is CCN(CCC#N)C(=O)NC12CC3CC(CC(C3)C1)C2. The molecule has 4 fully saturated rings. The van der Waals surface area contributed by atoms with E-state index in [4.69, 9.17) is 5.26 Å². The summed E-state index contributed by atoms with van der Waals surface area (Å²) in [7, 11) is 0. The average Bonchev–Trinajstić information content (AvgIpc) is 2.37. The van der Waals surface area contributed by atoms with E-state index in [-0.39, 0.29) is 11.6 Å². The summed E-state index contributed by atoms with van der Waals surface area (Å²) in [5.41, 5.74) is 0.0753. The fraction of sp³-hybridized carbons (Fsp3) is 0.875. The third kappa shape index (κ3) is 2.51. The fourth-order valence-electron chi connectivity index (χ4n) is 5.16. The number of urea groups is 1. The zero-order valence-corrected chi connectivity index (χ0v) is 12.4. The van der Waals surface area contributed by atoms with E-state index in [2.05, 4.69) is 11.4 Å². The first-order chi connectivity index (χ1) is 9.64. The lowest BCUT2D eigenvalue weighted by Gasteiger charge is -2.57. The van der Waals surface area contributed by atoms with E-state index in [0.717, 1.165) is 17.8 Å². The first kappa shape index (κ1) is 13.7. The molecule has 1 N–H and O–H groups in total. The summed E-state index contributed by atoms with van der Waals surface area (Å²) < 4.78 is 0. The van der Waals surface area contributed by atoms with Crippen LogP contribution in [0.5, 0.6) is 0 Å². The van der Waals surface area contributed by atoms with Gasteiger partial charge in [-0.3, -0.25) is 0 Å². The summed E-state index contributed by atoms with van der Waals surface area (Å²) >= 11 is 0. The Morgan fingerprint density at radius 1 is 1.25 bits per heavy atom. The summed E-state index contributed by atoms with van der Waals surface area (Å²) in [6.07, 6.45) is 8.13. The number of nitriles is 1. The Labute approximate surface area is 121 Å². The maximum absolute atomic E-state index is 12.5. The van der Waals surface area contributed by atoms with Crippen LogP contribution in [0.15, 0.2) is 0 Å². The van der Waals surface area contributed by atoms with Crippen molar-refractivity contribution in [1.82, 2.24) is 10.2 Å². The van der Waals surface area contributed by atoms with Gasteiger partial charge in [0.2, 0.25) is 0 Å². The van der Waals surface area contributed by atoms with E-state index in [1.165, 1.54) is 38.5 Å². The van der Waals surface area contributed by atoms with Gasteiger partial charge >= 0.3 is 6.03 Å². The van der Waals surface area contributed by atoms with Gasteiger partial charge in [-0.05, 0) is 63.2 Å². The van der Waals surface area contributed by atoms with Crippen LogP contribution in [-0.2, 0) is 0 Å². The second kappa shape index (κ2) is 5.27. The van der Waals surface area contributed by atoms with E-state index >= 15 is 0 Å². The van der Waals surface area contributed by atoms with Gasteiger partial charge in [0, 0.05) is 18.6 Å². The molecule has 0 aliphatic heterocycles. The van der Waals surface area contributed by atoms with Crippen molar-refractivity contribution in [2.75, 3.05) is 13.1 Å². The smallest absolute Gasteiger partial charge is 0.317 e. The molecular weight excluding hydrogens is 250 g/mol. The molecule has 4 heteroatoms. The lowest BCUT2D eigenvalue weighted by molar-refractivity contribution is -0.0155. The zero-order chi connectivity index (χ0) is 14.2. The highest BCUT2D eigenvalue weighted by atomic mass is 16.2. The minimum atomic E-state index is 0.0460. The van der Waals surface area contributed by atoms with Crippen LogP contribution in [0.1, 0.15) is 51.9 Å². The van der Waals surface area contributed by atoms with Crippen LogP contribution in [-0.4, -0.2) is 29.6 Å². The largest absolute Gasteiger partial charge is 0.333 e. The van der Waals surface area contributed by atoms with Gasteiger partial charge in [0.1, 0.15) is 0 Å². The van der Waals surface area contributed by atoms with E-state index in [1.54, 1.807) is 4.90 Å². The molecule has 4 nitrogen and oxygen atoms in total. The van der Waals surface area contributed by atoms with Crippen molar-refractivity contribution in [2.24, 2.45) is 17.8 Å². The van der Waals surface area contributed by atoms with Gasteiger partial charge in [-0.15, -0.1) is 0 Å². The molecule has 0 aromatic rings. The molecule has 4 saturated carbocycles. The Morgan fingerprint density at radius 3 is 2.25 bits per heavy atom. The maximum atomic E-state index is 12.5. The van der Waals surface area contributed by atoms with Crippen molar-refractivity contribution >= 4 is 6.03 Å². The standard InChI is InChI=1S/C16H25N3O/c1-2-19(5-3-4-17)15(20)18-16-9-12-6-13(10-16)8-14(7-12)11-16/h12-14H,2-3,5-11H2,1H3,(H,18,20). The predicted octanol–water partition coefficient (Wildman–Crippen LogP) is 2.90. The van der Waals surface area contributed by atoms with Crippen LogP contribution in [0.25, 0.3) is 0 Å². The van der Waals surface area contributed by atoms with Gasteiger partial charge < -0.3 is 10.2 Å². The van der Waals surface area contributed by atoms with Crippen molar-refractivity contribution in [1.29, 1.82) is 5.26 Å². The Kier molecular flexibility index (Phi) is 3.62. The van der Waals surface area contributed by atoms with Crippen LogP contribution in [0.2, 0.25) is 0 Å². The molecule has 0 heterocycles. The summed E-state index contributed by atoms with van der Waals surface area (Å²) in [6.45, 7) is 3.21. The highest BCUT2D eigenvalue weighted by molar-refractivity contribution is 5.75. The number of carbonyl (C=O) groups excluding carboxylic acids is 1. The second-order valence-corrected chi connectivity index (χ2v) is 7.12. The molecule has 4 aliphatic rings. The molecule has 0 spiro atoms.